The van der Waals surface area contributed by atoms with Crippen LogP contribution in [0.4, 0.5) is 0 Å². The molecular weight excluding hydrogens is 196 g/mol. The summed E-state index contributed by atoms with van der Waals surface area (Å²) in [6.45, 7) is 9.82. The number of hydrogen-bond donors (Lipinski definition) is 0. The highest BCUT2D eigenvalue weighted by Crippen LogP contribution is 2.54. The summed E-state index contributed by atoms with van der Waals surface area (Å²) in [6, 6.07) is 0. The lowest BCUT2D eigenvalue weighted by Gasteiger charge is -2.44. The highest BCUT2D eigenvalue weighted by Gasteiger charge is 2.50. The zero-order valence-electron chi connectivity index (χ0n) is 10.5. The van der Waals surface area contributed by atoms with Crippen LogP contribution in [0, 0.1) is 11.3 Å². The molecule has 1 saturated heterocycles. The van der Waals surface area contributed by atoms with E-state index in [9.17, 15) is 0 Å². The zero-order valence-corrected chi connectivity index (χ0v) is 10.5. The van der Waals surface area contributed by atoms with Gasteiger partial charge in [-0.15, -0.1) is 0 Å². The normalized spacial score (nSPS) is 47.2. The molecule has 3 atom stereocenters. The Balaban J connectivity index is 1.84. The Morgan fingerprint density at radius 1 is 1.38 bits per heavy atom. The minimum absolute atomic E-state index is 0.209. The predicted octanol–water partition coefficient (Wildman–Crippen LogP) is 3.86. The van der Waals surface area contributed by atoms with E-state index in [0.29, 0.717) is 5.41 Å². The Morgan fingerprint density at radius 2 is 2.12 bits per heavy atom. The Labute approximate surface area is 98.6 Å². The Bertz CT molecular complexity index is 362. The van der Waals surface area contributed by atoms with Crippen LogP contribution in [0.3, 0.4) is 0 Å². The number of hydrogen-bond acceptors (Lipinski definition) is 1. The number of allylic oxidation sites excluding steroid dienone is 3. The smallest absolute Gasteiger partial charge is 0.0919 e. The summed E-state index contributed by atoms with van der Waals surface area (Å²) < 4.78 is 5.63. The van der Waals surface area contributed by atoms with Crippen LogP contribution in [0.5, 0.6) is 0 Å². The van der Waals surface area contributed by atoms with Crippen molar-refractivity contribution in [1.82, 2.24) is 0 Å². The van der Waals surface area contributed by atoms with Gasteiger partial charge in [0.05, 0.1) is 12.2 Å². The standard InChI is InChI=1S/C15H22O/c1-11-4-6-14(2)7-5-12(9-13(14)8-11)15(3)10-16-15/h8,12H,1,4-7,9-10H2,2-3H3. The van der Waals surface area contributed by atoms with E-state index < -0.39 is 0 Å². The van der Waals surface area contributed by atoms with Gasteiger partial charge in [-0.2, -0.15) is 0 Å². The van der Waals surface area contributed by atoms with Gasteiger partial charge < -0.3 is 4.74 Å². The highest BCUT2D eigenvalue weighted by atomic mass is 16.6. The van der Waals surface area contributed by atoms with Crippen molar-refractivity contribution in [2.24, 2.45) is 11.3 Å². The van der Waals surface area contributed by atoms with Crippen molar-refractivity contribution in [1.29, 1.82) is 0 Å². The number of fused-ring (bicyclic) bond motifs is 1. The molecule has 0 aromatic rings. The van der Waals surface area contributed by atoms with Gasteiger partial charge in [0.25, 0.3) is 0 Å². The maximum atomic E-state index is 5.63. The second-order valence-corrected chi connectivity index (χ2v) is 6.43. The van der Waals surface area contributed by atoms with Gasteiger partial charge in [-0.25, -0.2) is 0 Å². The molecule has 2 fully saturated rings. The molecule has 88 valence electrons. The summed E-state index contributed by atoms with van der Waals surface area (Å²) in [7, 11) is 0. The van der Waals surface area contributed by atoms with Crippen LogP contribution in [-0.2, 0) is 4.74 Å². The number of rotatable bonds is 1. The van der Waals surface area contributed by atoms with Gasteiger partial charge in [-0.1, -0.05) is 30.7 Å². The minimum atomic E-state index is 0.209. The molecule has 0 radical (unpaired) electrons. The molecule has 0 aromatic heterocycles. The Hall–Kier alpha value is -0.560. The summed E-state index contributed by atoms with van der Waals surface area (Å²) in [6.07, 6.45) is 8.81. The molecule has 3 rings (SSSR count). The summed E-state index contributed by atoms with van der Waals surface area (Å²) in [5, 5.41) is 0. The Morgan fingerprint density at radius 3 is 2.81 bits per heavy atom. The molecule has 1 heteroatoms. The fraction of sp³-hybridized carbons (Fsp3) is 0.733. The van der Waals surface area contributed by atoms with Crippen molar-refractivity contribution in [2.45, 2.75) is 51.6 Å². The maximum Gasteiger partial charge on any atom is 0.0919 e. The fourth-order valence-corrected chi connectivity index (χ4v) is 3.41. The van der Waals surface area contributed by atoms with Crippen molar-refractivity contribution in [3.8, 4) is 0 Å². The third-order valence-corrected chi connectivity index (χ3v) is 5.13. The summed E-state index contributed by atoms with van der Waals surface area (Å²) in [5.41, 5.74) is 3.66. The molecule has 0 amide bonds. The molecule has 0 aromatic carbocycles. The second kappa shape index (κ2) is 3.22. The minimum Gasteiger partial charge on any atom is -0.370 e. The van der Waals surface area contributed by atoms with Gasteiger partial charge in [0.15, 0.2) is 0 Å². The van der Waals surface area contributed by atoms with Crippen LogP contribution >= 0.6 is 0 Å². The lowest BCUT2D eigenvalue weighted by molar-refractivity contribution is 0.154. The molecule has 1 nitrogen and oxygen atoms in total. The lowest BCUT2D eigenvalue weighted by atomic mass is 9.61. The molecule has 1 heterocycles. The van der Waals surface area contributed by atoms with Crippen molar-refractivity contribution in [3.05, 3.63) is 23.8 Å². The van der Waals surface area contributed by atoms with E-state index in [1.54, 1.807) is 5.57 Å². The first kappa shape index (κ1) is 10.6. The Kier molecular flexibility index (Phi) is 2.13. The molecule has 0 N–H and O–H groups in total. The first-order valence-electron chi connectivity index (χ1n) is 6.55. The molecule has 2 aliphatic carbocycles. The van der Waals surface area contributed by atoms with Crippen LogP contribution in [0.1, 0.15) is 46.0 Å². The largest absolute Gasteiger partial charge is 0.370 e. The van der Waals surface area contributed by atoms with E-state index in [2.05, 4.69) is 26.5 Å². The summed E-state index contributed by atoms with van der Waals surface area (Å²) in [4.78, 5) is 0. The van der Waals surface area contributed by atoms with Gasteiger partial charge >= 0.3 is 0 Å². The SMILES string of the molecule is C=C1C=C2CC(C3(C)CO3)CCC2(C)CC1. The molecule has 3 unspecified atom stereocenters. The number of epoxide rings is 1. The molecule has 1 saturated carbocycles. The molecule has 1 aliphatic heterocycles. The van der Waals surface area contributed by atoms with E-state index >= 15 is 0 Å². The summed E-state index contributed by atoms with van der Waals surface area (Å²) >= 11 is 0. The average Bonchev–Trinajstić information content (AvgIpc) is 2.98. The van der Waals surface area contributed by atoms with E-state index in [0.717, 1.165) is 12.5 Å². The third-order valence-electron chi connectivity index (χ3n) is 5.13. The van der Waals surface area contributed by atoms with Gasteiger partial charge in [0, 0.05) is 0 Å². The first-order chi connectivity index (χ1) is 7.52. The van der Waals surface area contributed by atoms with Crippen molar-refractivity contribution in [3.63, 3.8) is 0 Å². The molecule has 3 aliphatic rings. The van der Waals surface area contributed by atoms with Crippen LogP contribution in [0.15, 0.2) is 23.8 Å². The van der Waals surface area contributed by atoms with E-state index in [1.807, 2.05) is 0 Å². The fourth-order valence-electron chi connectivity index (χ4n) is 3.41. The van der Waals surface area contributed by atoms with Gasteiger partial charge in [0.2, 0.25) is 0 Å². The predicted molar refractivity (Wildman–Crippen MR) is 66.3 cm³/mol. The van der Waals surface area contributed by atoms with Crippen LogP contribution in [0.2, 0.25) is 0 Å². The van der Waals surface area contributed by atoms with E-state index in [4.69, 9.17) is 4.74 Å². The molecule has 16 heavy (non-hydrogen) atoms. The van der Waals surface area contributed by atoms with Crippen LogP contribution in [0.25, 0.3) is 0 Å². The highest BCUT2D eigenvalue weighted by molar-refractivity contribution is 5.32. The molecule has 0 bridgehead atoms. The molecular formula is C15H22O. The van der Waals surface area contributed by atoms with Gasteiger partial charge in [-0.05, 0) is 50.4 Å². The van der Waals surface area contributed by atoms with Crippen molar-refractivity contribution in [2.75, 3.05) is 6.61 Å². The lowest BCUT2D eigenvalue weighted by Crippen LogP contribution is -2.34. The third kappa shape index (κ3) is 1.57. The monoisotopic (exact) mass is 218 g/mol. The van der Waals surface area contributed by atoms with E-state index in [-0.39, 0.29) is 5.60 Å². The van der Waals surface area contributed by atoms with Crippen LogP contribution in [-0.4, -0.2) is 12.2 Å². The van der Waals surface area contributed by atoms with Crippen LogP contribution < -0.4 is 0 Å². The second-order valence-electron chi connectivity index (χ2n) is 6.43. The van der Waals surface area contributed by atoms with Gasteiger partial charge in [0.1, 0.15) is 0 Å². The molecule has 0 spiro atoms. The van der Waals surface area contributed by atoms with Crippen molar-refractivity contribution >= 4 is 0 Å². The average molecular weight is 218 g/mol. The van der Waals surface area contributed by atoms with E-state index in [1.165, 1.54) is 37.7 Å². The first-order valence-corrected chi connectivity index (χ1v) is 6.55. The van der Waals surface area contributed by atoms with Gasteiger partial charge in [-0.3, -0.25) is 0 Å². The van der Waals surface area contributed by atoms with Crippen molar-refractivity contribution < 1.29 is 4.74 Å². The number of ether oxygens (including phenoxy) is 1. The zero-order chi connectivity index (χ0) is 11.4. The quantitative estimate of drug-likeness (QED) is 0.609. The maximum absolute atomic E-state index is 5.63. The topological polar surface area (TPSA) is 12.5 Å². The summed E-state index contributed by atoms with van der Waals surface area (Å²) in [5.74, 6) is 0.748.